The third-order valence-corrected chi connectivity index (χ3v) is 6.32. The highest BCUT2D eigenvalue weighted by Crippen LogP contribution is 2.23. The number of unbranched alkanes of at least 4 members (excludes halogenated alkanes) is 14. The zero-order valence-corrected chi connectivity index (χ0v) is 19.8. The fourth-order valence-corrected chi connectivity index (χ4v) is 4.42. The van der Waals surface area contributed by atoms with Crippen LogP contribution in [0.25, 0.3) is 0 Å². The second-order valence-electron chi connectivity index (χ2n) is 8.99. The maximum absolute atomic E-state index is 2.66. The first-order valence-electron chi connectivity index (χ1n) is 13.0. The van der Waals surface area contributed by atoms with Crippen LogP contribution in [0.3, 0.4) is 0 Å². The average Bonchev–Trinajstić information content (AvgIpc) is 3.08. The van der Waals surface area contributed by atoms with Gasteiger partial charge in [0.1, 0.15) is 6.17 Å². The molecule has 0 bridgehead atoms. The molecule has 28 heavy (non-hydrogen) atoms. The van der Waals surface area contributed by atoms with Crippen molar-refractivity contribution in [2.75, 3.05) is 13.1 Å². The van der Waals surface area contributed by atoms with E-state index in [4.69, 9.17) is 0 Å². The molecular weight excluding hydrogens is 340 g/mol. The van der Waals surface area contributed by atoms with Gasteiger partial charge >= 0.3 is 0 Å². The number of nitrogens with zero attached hydrogens (tertiary/aromatic N) is 2. The van der Waals surface area contributed by atoms with Gasteiger partial charge in [0.2, 0.25) is 0 Å². The molecule has 0 amide bonds. The summed E-state index contributed by atoms with van der Waals surface area (Å²) in [5.74, 6) is 0. The predicted molar refractivity (Wildman–Crippen MR) is 126 cm³/mol. The molecule has 166 valence electrons. The van der Waals surface area contributed by atoms with Crippen LogP contribution in [0.15, 0.2) is 12.4 Å². The summed E-state index contributed by atoms with van der Waals surface area (Å²) in [5.41, 5.74) is 0. The molecule has 0 spiro atoms. The van der Waals surface area contributed by atoms with Gasteiger partial charge in [0.25, 0.3) is 0 Å². The van der Waals surface area contributed by atoms with Crippen molar-refractivity contribution >= 4 is 0 Å². The first-order chi connectivity index (χ1) is 13.8. The van der Waals surface area contributed by atoms with Crippen molar-refractivity contribution in [2.24, 2.45) is 0 Å². The Morgan fingerprint density at radius 1 is 0.464 bits per heavy atom. The zero-order chi connectivity index (χ0) is 20.3. The zero-order valence-electron chi connectivity index (χ0n) is 19.8. The van der Waals surface area contributed by atoms with E-state index in [0.717, 1.165) is 0 Å². The summed E-state index contributed by atoms with van der Waals surface area (Å²) in [6.07, 6.45) is 30.6. The smallest absolute Gasteiger partial charge is 0.101 e. The molecule has 1 heterocycles. The Balaban J connectivity index is 2.31. The van der Waals surface area contributed by atoms with Crippen LogP contribution in [0.1, 0.15) is 136 Å². The first kappa shape index (κ1) is 25.4. The highest BCUT2D eigenvalue weighted by atomic mass is 15.4. The van der Waals surface area contributed by atoms with Gasteiger partial charge in [-0.1, -0.05) is 111 Å². The van der Waals surface area contributed by atoms with Crippen LogP contribution in [0, 0.1) is 0 Å². The van der Waals surface area contributed by atoms with Crippen molar-refractivity contribution in [3.63, 3.8) is 0 Å². The Hall–Kier alpha value is -0.660. The monoisotopic (exact) mass is 392 g/mol. The van der Waals surface area contributed by atoms with E-state index in [0.29, 0.717) is 6.17 Å². The third kappa shape index (κ3) is 12.0. The van der Waals surface area contributed by atoms with Crippen LogP contribution in [0.5, 0.6) is 0 Å². The SMILES string of the molecule is CCCCCCCCCC1N(CCCCCCC)C=CN1CCCCCCC. The number of rotatable bonds is 20. The van der Waals surface area contributed by atoms with E-state index < -0.39 is 0 Å². The molecule has 0 atom stereocenters. The van der Waals surface area contributed by atoms with E-state index >= 15 is 0 Å². The molecule has 0 fully saturated rings. The minimum Gasteiger partial charge on any atom is -0.356 e. The van der Waals surface area contributed by atoms with Gasteiger partial charge in [-0.15, -0.1) is 0 Å². The van der Waals surface area contributed by atoms with E-state index in [2.05, 4.69) is 43.0 Å². The molecule has 0 N–H and O–H groups in total. The van der Waals surface area contributed by atoms with Crippen LogP contribution in [0.4, 0.5) is 0 Å². The van der Waals surface area contributed by atoms with Gasteiger partial charge in [0, 0.05) is 25.5 Å². The van der Waals surface area contributed by atoms with Crippen LogP contribution < -0.4 is 0 Å². The molecule has 0 saturated heterocycles. The molecule has 0 saturated carbocycles. The Labute approximate surface area is 178 Å². The molecular formula is C26H52N2. The molecule has 0 aromatic carbocycles. The van der Waals surface area contributed by atoms with E-state index in [1.54, 1.807) is 0 Å². The lowest BCUT2D eigenvalue weighted by Gasteiger charge is -2.33. The van der Waals surface area contributed by atoms with Gasteiger partial charge in [-0.3, -0.25) is 0 Å². The van der Waals surface area contributed by atoms with Crippen molar-refractivity contribution in [2.45, 2.75) is 143 Å². The Bertz CT molecular complexity index is 328. The van der Waals surface area contributed by atoms with Crippen molar-refractivity contribution in [3.8, 4) is 0 Å². The minimum atomic E-state index is 0.646. The van der Waals surface area contributed by atoms with Gasteiger partial charge < -0.3 is 9.80 Å². The van der Waals surface area contributed by atoms with E-state index in [1.807, 2.05) is 0 Å². The molecule has 2 heteroatoms. The quantitative estimate of drug-likeness (QED) is 0.192. The maximum atomic E-state index is 2.66. The summed E-state index contributed by atoms with van der Waals surface area (Å²) in [6, 6.07) is 0. The number of hydrogen-bond donors (Lipinski definition) is 0. The molecule has 1 rings (SSSR count). The van der Waals surface area contributed by atoms with Crippen LogP contribution in [-0.4, -0.2) is 29.1 Å². The Kier molecular flexibility index (Phi) is 16.7. The molecule has 2 nitrogen and oxygen atoms in total. The molecule has 0 unspecified atom stereocenters. The van der Waals surface area contributed by atoms with Crippen LogP contribution in [0.2, 0.25) is 0 Å². The topological polar surface area (TPSA) is 6.48 Å². The normalized spacial score (nSPS) is 14.5. The summed E-state index contributed by atoms with van der Waals surface area (Å²) in [7, 11) is 0. The molecule has 0 radical (unpaired) electrons. The summed E-state index contributed by atoms with van der Waals surface area (Å²) >= 11 is 0. The molecule has 0 aliphatic carbocycles. The number of hydrogen-bond acceptors (Lipinski definition) is 2. The van der Waals surface area contributed by atoms with E-state index in [-0.39, 0.29) is 0 Å². The van der Waals surface area contributed by atoms with Crippen molar-refractivity contribution in [1.29, 1.82) is 0 Å². The van der Waals surface area contributed by atoms with Crippen molar-refractivity contribution < 1.29 is 0 Å². The standard InChI is InChI=1S/C26H52N2/c1-4-7-10-13-14-15-18-21-26-27(22-19-16-11-8-5-2)24-25-28(26)23-20-17-12-9-6-3/h24-26H,4-23H2,1-3H3. The largest absolute Gasteiger partial charge is 0.356 e. The van der Waals surface area contributed by atoms with Crippen LogP contribution >= 0.6 is 0 Å². The summed E-state index contributed by atoms with van der Waals surface area (Å²) in [4.78, 5) is 5.32. The molecule has 1 aliphatic rings. The third-order valence-electron chi connectivity index (χ3n) is 6.32. The predicted octanol–water partition coefficient (Wildman–Crippen LogP) is 8.48. The van der Waals surface area contributed by atoms with E-state index in [9.17, 15) is 0 Å². The lowest BCUT2D eigenvalue weighted by Crippen LogP contribution is -2.39. The second kappa shape index (κ2) is 18.4. The lowest BCUT2D eigenvalue weighted by molar-refractivity contribution is 0.135. The average molecular weight is 393 g/mol. The van der Waals surface area contributed by atoms with Gasteiger partial charge in [0.05, 0.1) is 0 Å². The highest BCUT2D eigenvalue weighted by molar-refractivity contribution is 4.96. The van der Waals surface area contributed by atoms with Gasteiger partial charge in [-0.25, -0.2) is 0 Å². The van der Waals surface area contributed by atoms with Crippen molar-refractivity contribution in [1.82, 2.24) is 9.80 Å². The fraction of sp³-hybridized carbons (Fsp3) is 0.923. The van der Waals surface area contributed by atoms with E-state index in [1.165, 1.54) is 129 Å². The van der Waals surface area contributed by atoms with Gasteiger partial charge in [-0.2, -0.15) is 0 Å². The molecule has 1 aliphatic heterocycles. The fourth-order valence-electron chi connectivity index (χ4n) is 4.42. The first-order valence-corrected chi connectivity index (χ1v) is 13.0. The Morgan fingerprint density at radius 3 is 1.25 bits per heavy atom. The summed E-state index contributed by atoms with van der Waals surface area (Å²) in [5, 5.41) is 0. The van der Waals surface area contributed by atoms with Gasteiger partial charge in [-0.05, 0) is 25.7 Å². The molecule has 0 aromatic rings. The minimum absolute atomic E-state index is 0.646. The summed E-state index contributed by atoms with van der Waals surface area (Å²) in [6.45, 7) is 9.43. The van der Waals surface area contributed by atoms with Gasteiger partial charge in [0.15, 0.2) is 0 Å². The summed E-state index contributed by atoms with van der Waals surface area (Å²) < 4.78 is 0. The maximum Gasteiger partial charge on any atom is 0.101 e. The van der Waals surface area contributed by atoms with Crippen molar-refractivity contribution in [3.05, 3.63) is 12.4 Å². The highest BCUT2D eigenvalue weighted by Gasteiger charge is 2.24. The second-order valence-corrected chi connectivity index (χ2v) is 8.99. The Morgan fingerprint density at radius 2 is 0.821 bits per heavy atom. The molecule has 0 aromatic heterocycles. The van der Waals surface area contributed by atoms with Crippen LogP contribution in [-0.2, 0) is 0 Å². The lowest BCUT2D eigenvalue weighted by atomic mass is 10.1.